The van der Waals surface area contributed by atoms with E-state index in [-0.39, 0.29) is 24.7 Å². The lowest BCUT2D eigenvalue weighted by atomic mass is 9.88. The number of hydrogen-bond donors (Lipinski definition) is 3. The summed E-state index contributed by atoms with van der Waals surface area (Å²) in [6.07, 6.45) is -1.88. The number of esters is 2. The number of nitrogens with one attached hydrogen (secondary N) is 2. The molecule has 1 aliphatic heterocycles. The number of carbonyl (C=O) groups excluding carboxylic acids is 2. The zero-order valence-corrected chi connectivity index (χ0v) is 28.1. The minimum atomic E-state index is -4.68. The van der Waals surface area contributed by atoms with Crippen molar-refractivity contribution in [2.45, 2.75) is 89.6 Å². The molecule has 5 atom stereocenters. The van der Waals surface area contributed by atoms with E-state index in [1.807, 2.05) is 4.98 Å². The van der Waals surface area contributed by atoms with E-state index in [1.54, 1.807) is 45.9 Å². The fraction of sp³-hybridized carbons (Fsp3) is 0.586. The van der Waals surface area contributed by atoms with Gasteiger partial charge in [-0.3, -0.25) is 28.5 Å². The zero-order valence-electron chi connectivity index (χ0n) is 27.2. The van der Waals surface area contributed by atoms with E-state index in [9.17, 15) is 28.8 Å². The molecule has 2 unspecified atom stereocenters. The summed E-state index contributed by atoms with van der Waals surface area (Å²) in [6, 6.07) is 5.99. The van der Waals surface area contributed by atoms with E-state index in [2.05, 4.69) is 15.1 Å². The van der Waals surface area contributed by atoms with E-state index >= 15 is 4.39 Å². The van der Waals surface area contributed by atoms with Gasteiger partial charge in [0.25, 0.3) is 5.56 Å². The molecular weight excluding hydrogens is 658 g/mol. The van der Waals surface area contributed by atoms with Gasteiger partial charge in [-0.2, -0.15) is 5.09 Å². The molecule has 0 saturated carbocycles. The number of nitrogens with zero attached hydrogens (tertiary/aromatic N) is 4. The number of halogens is 1. The average Bonchev–Trinajstić information content (AvgIpc) is 3.25. The smallest absolute Gasteiger partial charge is 0.459 e. The van der Waals surface area contributed by atoms with Gasteiger partial charge in [-0.15, -0.1) is 0 Å². The summed E-state index contributed by atoms with van der Waals surface area (Å²) in [6.45, 7) is 4.75. The fourth-order valence-corrected chi connectivity index (χ4v) is 6.31. The Balaban J connectivity index is 1.93. The molecule has 2 heterocycles. The summed E-state index contributed by atoms with van der Waals surface area (Å²) in [7, 11) is -4.68. The number of carbonyl (C=O) groups is 2. The van der Waals surface area contributed by atoms with Crippen LogP contribution >= 0.6 is 7.75 Å². The second kappa shape index (κ2) is 16.4. The van der Waals surface area contributed by atoms with Crippen molar-refractivity contribution in [2.24, 2.45) is 5.11 Å². The van der Waals surface area contributed by atoms with Crippen molar-refractivity contribution < 1.29 is 46.9 Å². The van der Waals surface area contributed by atoms with E-state index in [4.69, 9.17) is 28.8 Å². The number of hydrogen-bond acceptors (Lipinski definition) is 12. The molecule has 1 fully saturated rings. The van der Waals surface area contributed by atoms with Gasteiger partial charge in [0.15, 0.2) is 5.67 Å². The number of rotatable bonds is 17. The maximum absolute atomic E-state index is 16.2. The van der Waals surface area contributed by atoms with Gasteiger partial charge in [0, 0.05) is 23.6 Å². The van der Waals surface area contributed by atoms with Gasteiger partial charge in [-0.25, -0.2) is 13.8 Å². The number of azide groups is 1. The van der Waals surface area contributed by atoms with Crippen LogP contribution in [-0.4, -0.2) is 82.0 Å². The Bertz CT molecular complexity index is 1660. The van der Waals surface area contributed by atoms with Crippen molar-refractivity contribution >= 4 is 19.7 Å². The molecule has 17 nitrogen and oxygen atoms in total. The van der Waals surface area contributed by atoms with Crippen LogP contribution in [0.3, 0.4) is 0 Å². The Morgan fingerprint density at radius 2 is 1.90 bits per heavy atom. The minimum Gasteiger partial charge on any atom is -0.463 e. The van der Waals surface area contributed by atoms with Crippen molar-refractivity contribution in [1.29, 1.82) is 0 Å². The Labute approximate surface area is 274 Å². The first-order chi connectivity index (χ1) is 22.5. The molecule has 264 valence electrons. The maximum Gasteiger partial charge on any atom is 0.459 e. The number of para-hydroxylation sites is 1. The van der Waals surface area contributed by atoms with Gasteiger partial charge >= 0.3 is 25.4 Å². The van der Waals surface area contributed by atoms with Gasteiger partial charge in [-0.1, -0.05) is 23.3 Å². The number of ether oxygens (including phenoxy) is 3. The van der Waals surface area contributed by atoms with Crippen LogP contribution in [0.4, 0.5) is 4.39 Å². The van der Waals surface area contributed by atoms with Crippen molar-refractivity contribution in [2.75, 3.05) is 19.8 Å². The predicted octanol–water partition coefficient (Wildman–Crippen LogP) is 2.70. The van der Waals surface area contributed by atoms with E-state index in [0.29, 0.717) is 5.56 Å². The lowest BCUT2D eigenvalue weighted by Gasteiger charge is -2.34. The Hall–Kier alpha value is -4.05. The van der Waals surface area contributed by atoms with Crippen LogP contribution in [0, 0.1) is 0 Å². The fourth-order valence-electron chi connectivity index (χ4n) is 4.72. The third kappa shape index (κ3) is 10.2. The number of benzene rings is 1. The number of aryl methyl sites for hydroxylation is 1. The van der Waals surface area contributed by atoms with Crippen LogP contribution in [0.1, 0.15) is 46.6 Å². The number of aromatic nitrogens is 2. The monoisotopic (exact) mass is 698 g/mol. The number of alkyl halides is 1. The van der Waals surface area contributed by atoms with Gasteiger partial charge in [0.05, 0.1) is 38.5 Å². The minimum absolute atomic E-state index is 0.00405. The maximum atomic E-state index is 16.2. The lowest BCUT2D eigenvalue weighted by Crippen LogP contribution is -2.54. The molecule has 1 saturated heterocycles. The molecule has 0 bridgehead atoms. The molecule has 0 amide bonds. The molecule has 3 rings (SSSR count). The molecule has 48 heavy (non-hydrogen) atoms. The number of aliphatic hydroxyl groups excluding tert-OH is 1. The first-order valence-corrected chi connectivity index (χ1v) is 16.6. The molecule has 19 heteroatoms. The van der Waals surface area contributed by atoms with Crippen molar-refractivity contribution in [1.82, 2.24) is 14.6 Å². The number of H-pyrrole nitrogens is 1. The van der Waals surface area contributed by atoms with E-state index in [0.717, 1.165) is 16.8 Å². The van der Waals surface area contributed by atoms with Crippen molar-refractivity contribution in [3.63, 3.8) is 0 Å². The van der Waals surface area contributed by atoms with Crippen LogP contribution in [0.5, 0.6) is 5.75 Å². The van der Waals surface area contributed by atoms with Crippen LogP contribution < -0.4 is 20.9 Å². The van der Waals surface area contributed by atoms with Crippen molar-refractivity contribution in [3.8, 4) is 5.75 Å². The van der Waals surface area contributed by atoms with Crippen LogP contribution in [0.2, 0.25) is 0 Å². The van der Waals surface area contributed by atoms with Gasteiger partial charge in [-0.05, 0) is 58.2 Å². The summed E-state index contributed by atoms with van der Waals surface area (Å²) < 4.78 is 59.0. The molecule has 3 N–H and O–H groups in total. The Morgan fingerprint density at radius 1 is 1.21 bits per heavy atom. The lowest BCUT2D eigenvalue weighted by molar-refractivity contribution is -0.149. The Kier molecular flexibility index (Phi) is 13.1. The topological polar surface area (TPSA) is 233 Å². The summed E-state index contributed by atoms with van der Waals surface area (Å²) >= 11 is 0. The third-order valence-corrected chi connectivity index (χ3v) is 8.62. The molecular formula is C29H40FN6O11P. The normalized spacial score (nSPS) is 22.5. The average molecular weight is 699 g/mol. The molecule has 0 spiro atoms. The van der Waals surface area contributed by atoms with Crippen molar-refractivity contribution in [3.05, 3.63) is 73.4 Å². The van der Waals surface area contributed by atoms with Gasteiger partial charge in [0.1, 0.15) is 23.5 Å². The molecule has 1 aromatic heterocycles. The summed E-state index contributed by atoms with van der Waals surface area (Å²) in [5.41, 5.74) is 2.95. The highest BCUT2D eigenvalue weighted by atomic mass is 31.2. The molecule has 0 aliphatic carbocycles. The quantitative estimate of drug-likeness (QED) is 0.0711. The molecule has 0 radical (unpaired) electrons. The van der Waals surface area contributed by atoms with Gasteiger partial charge < -0.3 is 23.8 Å². The summed E-state index contributed by atoms with van der Waals surface area (Å²) in [5, 5.41) is 17.2. The third-order valence-electron chi connectivity index (χ3n) is 7.01. The predicted molar refractivity (Wildman–Crippen MR) is 168 cm³/mol. The first kappa shape index (κ1) is 38.4. The largest absolute Gasteiger partial charge is 0.463 e. The van der Waals surface area contributed by atoms with Crippen LogP contribution in [0.25, 0.3) is 10.4 Å². The Morgan fingerprint density at radius 3 is 2.54 bits per heavy atom. The summed E-state index contributed by atoms with van der Waals surface area (Å²) in [4.78, 5) is 53.2. The van der Waals surface area contributed by atoms with E-state index in [1.165, 1.54) is 13.0 Å². The zero-order chi connectivity index (χ0) is 35.7. The molecule has 1 aliphatic rings. The highest BCUT2D eigenvalue weighted by Crippen LogP contribution is 2.49. The summed E-state index contributed by atoms with van der Waals surface area (Å²) in [5.74, 6) is -1.28. The first-order valence-electron chi connectivity index (χ1n) is 15.0. The second-order valence-electron chi connectivity index (χ2n) is 11.8. The van der Waals surface area contributed by atoms with Gasteiger partial charge in [0.2, 0.25) is 0 Å². The highest BCUT2D eigenvalue weighted by molar-refractivity contribution is 7.52. The molecule has 1 aromatic carbocycles. The van der Waals surface area contributed by atoms with E-state index < -0.39 is 86.8 Å². The number of aliphatic hydroxyl groups is 1. The number of aromatic amines is 1. The molecule has 2 aromatic rings. The van der Waals surface area contributed by atoms with Crippen LogP contribution in [-0.2, 0) is 45.9 Å². The van der Waals surface area contributed by atoms with Crippen LogP contribution in [0.15, 0.2) is 51.2 Å². The SMILES string of the molecule is CC(C)OC(=O)CCc1ccccc1OP(=O)(NC(C)C(=O)OC(C)C)OC[C@@]1(CN=[N+]=[N-])OC[C@@](F)(Cn2ccc(=O)[nH]c2=O)[C@@H]1O. The highest BCUT2D eigenvalue weighted by Gasteiger charge is 2.60. The second-order valence-corrected chi connectivity index (χ2v) is 13.5. The standard InChI is InChI=1S/C29H40FN6O11P/c1-18(2)45-24(38)11-10-21-8-6-7-9-22(21)47-48(42,34-20(5)25(39)46-19(3)4)44-17-29(14-32-35-31)26(40)28(30,16-43-29)15-36-13-12-23(37)33-27(36)41/h6-9,12-13,18-20,26,40H,10-11,14-17H2,1-5H3,(H,34,42)(H,33,37,41)/t20?,26-,28-,29+,48?/m0/s1.